The first-order valence-electron chi connectivity index (χ1n) is 22.9. The second kappa shape index (κ2) is 16.2. The first kappa shape index (κ1) is 40.8. The lowest BCUT2D eigenvalue weighted by Gasteiger charge is -2.44. The molecule has 8 heterocycles. The SMILES string of the molecule is Nc1nnc(-c2ccccc2O)cc1N1CC2CCC(C1)N2c1ccc(F)c(N2CCC(CN3CCC4(CC3)C[C@@H](n3ccc5cc(N6CCC(=O)NC6=O)c(F)cc53)CO4)CC2)c1. The van der Waals surface area contributed by atoms with E-state index < -0.39 is 11.8 Å². The number of rotatable bonds is 8. The topological polar surface area (TPSA) is 149 Å². The lowest BCUT2D eigenvalue weighted by Crippen LogP contribution is -2.54. The normalized spacial score (nSPS) is 24.1. The fourth-order valence-corrected chi connectivity index (χ4v) is 11.6. The maximum Gasteiger partial charge on any atom is 0.328 e. The summed E-state index contributed by atoms with van der Waals surface area (Å²) in [6.07, 6.45) is 8.98. The third kappa shape index (κ3) is 7.43. The van der Waals surface area contributed by atoms with Gasteiger partial charge in [0, 0.05) is 99.8 Å². The van der Waals surface area contributed by atoms with Crippen molar-refractivity contribution in [3.05, 3.63) is 84.6 Å². The molecule has 2 aromatic heterocycles. The van der Waals surface area contributed by atoms with E-state index in [1.54, 1.807) is 24.3 Å². The number of phenols is 1. The second-order valence-electron chi connectivity index (χ2n) is 18.8. The zero-order valence-electron chi connectivity index (χ0n) is 35.8. The summed E-state index contributed by atoms with van der Waals surface area (Å²) in [6, 6.07) is 19.8. The van der Waals surface area contributed by atoms with Gasteiger partial charge >= 0.3 is 6.03 Å². The molecular weight excluding hydrogens is 819 g/mol. The number of nitrogens with two attached hydrogens (primary N) is 1. The number of phenolic OH excluding ortho intramolecular Hbond substituents is 1. The van der Waals surface area contributed by atoms with E-state index >= 15 is 8.78 Å². The largest absolute Gasteiger partial charge is 0.507 e. The van der Waals surface area contributed by atoms with Crippen LogP contribution in [0.15, 0.2) is 72.9 Å². The summed E-state index contributed by atoms with van der Waals surface area (Å²) in [7, 11) is 0. The van der Waals surface area contributed by atoms with Crippen molar-refractivity contribution in [2.24, 2.45) is 5.92 Å². The van der Waals surface area contributed by atoms with Crippen molar-refractivity contribution in [1.29, 1.82) is 0 Å². The first-order valence-corrected chi connectivity index (χ1v) is 22.9. The predicted molar refractivity (Wildman–Crippen MR) is 242 cm³/mol. The van der Waals surface area contributed by atoms with Crippen LogP contribution in [0.25, 0.3) is 22.2 Å². The lowest BCUT2D eigenvalue weighted by molar-refractivity contribution is -0.120. The Morgan fingerprint density at radius 2 is 1.59 bits per heavy atom. The molecule has 16 heteroatoms. The molecule has 1 spiro atoms. The van der Waals surface area contributed by atoms with Crippen LogP contribution < -0.4 is 30.7 Å². The highest BCUT2D eigenvalue weighted by atomic mass is 19.1. The van der Waals surface area contributed by atoms with Gasteiger partial charge in [-0.05, 0) is 99.4 Å². The Bertz CT molecular complexity index is 2590. The quantitative estimate of drug-likeness (QED) is 0.153. The van der Waals surface area contributed by atoms with Gasteiger partial charge in [-0.1, -0.05) is 12.1 Å². The summed E-state index contributed by atoms with van der Waals surface area (Å²) in [6.45, 7) is 6.83. The number of carbonyl (C=O) groups excluding carboxylic acids is 2. The minimum atomic E-state index is -0.599. The van der Waals surface area contributed by atoms with Crippen LogP contribution >= 0.6 is 0 Å². The van der Waals surface area contributed by atoms with E-state index in [4.69, 9.17) is 10.5 Å². The van der Waals surface area contributed by atoms with Crippen molar-refractivity contribution in [3.8, 4) is 17.0 Å². The number of nitrogens with one attached hydrogen (secondary N) is 1. The van der Waals surface area contributed by atoms with Crippen molar-refractivity contribution >= 4 is 51.4 Å². The zero-order chi connectivity index (χ0) is 43.7. The Balaban J connectivity index is 0.682. The van der Waals surface area contributed by atoms with Crippen LogP contribution in [-0.4, -0.2) is 113 Å². The molecule has 3 aromatic carbocycles. The number of imide groups is 1. The van der Waals surface area contributed by atoms with Crippen molar-refractivity contribution in [3.63, 3.8) is 0 Å². The minimum absolute atomic E-state index is 0.0859. The van der Waals surface area contributed by atoms with Gasteiger partial charge in [-0.25, -0.2) is 13.6 Å². The highest BCUT2D eigenvalue weighted by Crippen LogP contribution is 2.44. The van der Waals surface area contributed by atoms with E-state index in [1.807, 2.05) is 36.5 Å². The molecule has 14 nitrogen and oxygen atoms in total. The summed E-state index contributed by atoms with van der Waals surface area (Å²) in [5.41, 5.74) is 10.9. The van der Waals surface area contributed by atoms with Crippen LogP contribution in [0.1, 0.15) is 57.4 Å². The number of benzene rings is 3. The second-order valence-corrected chi connectivity index (χ2v) is 18.8. The molecule has 11 rings (SSSR count). The number of fused-ring (bicyclic) bond motifs is 3. The number of amides is 3. The first-order chi connectivity index (χ1) is 31.1. The third-order valence-corrected chi connectivity index (χ3v) is 15.0. The number of carbonyl (C=O) groups is 2. The summed E-state index contributed by atoms with van der Waals surface area (Å²) in [4.78, 5) is 34.9. The minimum Gasteiger partial charge on any atom is -0.507 e. The van der Waals surface area contributed by atoms with E-state index in [-0.39, 0.29) is 59.9 Å². The van der Waals surface area contributed by atoms with Gasteiger partial charge < -0.3 is 39.7 Å². The molecule has 3 amide bonds. The molecule has 6 saturated heterocycles. The maximum absolute atomic E-state index is 15.6. The summed E-state index contributed by atoms with van der Waals surface area (Å²) in [5, 5.41) is 22.1. The van der Waals surface area contributed by atoms with Gasteiger partial charge in [-0.15, -0.1) is 10.2 Å². The standard InChI is InChI=1S/C48H54F2N10O4/c49-37-8-7-32(60-33-5-6-34(60)28-57(27-33)43-24-39(53-54-46(43)51)36-3-1-2-4-44(36)61)22-41(37)56-15-9-30(10-16-56)26-55-19-13-48(14-20-55)25-35(29-64-48)58-17-11-31-21-42(38(50)23-40(31)58)59-18-12-45(62)52-47(59)63/h1-4,7-8,11,17,21-24,30,33-35,61H,5-6,9-10,12-16,18-20,25-29H2,(H2,51,54)(H,52,62,63)/t33?,34?,35-/m1/s1. The van der Waals surface area contributed by atoms with Gasteiger partial charge in [0.05, 0.1) is 46.5 Å². The van der Waals surface area contributed by atoms with Gasteiger partial charge in [-0.2, -0.15) is 0 Å². The number of urea groups is 1. The molecule has 0 saturated carbocycles. The molecule has 2 bridgehead atoms. The molecule has 5 aromatic rings. The van der Waals surface area contributed by atoms with Gasteiger partial charge in [-0.3, -0.25) is 15.0 Å². The number of piperazine rings is 1. The van der Waals surface area contributed by atoms with E-state index in [2.05, 4.69) is 45.7 Å². The number of likely N-dealkylation sites (tertiary alicyclic amines) is 1. The number of hydrogen-bond donors (Lipinski definition) is 3. The molecule has 6 fully saturated rings. The van der Waals surface area contributed by atoms with Crippen LogP contribution in [0, 0.1) is 17.6 Å². The van der Waals surface area contributed by atoms with Crippen molar-refractivity contribution in [2.45, 2.75) is 75.1 Å². The number of nitrogens with zero attached hydrogens (tertiary/aromatic N) is 8. The number of anilines is 5. The molecule has 6 aliphatic heterocycles. The van der Waals surface area contributed by atoms with Crippen LogP contribution in [0.2, 0.25) is 0 Å². The summed E-state index contributed by atoms with van der Waals surface area (Å²) in [5.74, 6) is 0.0418. The van der Waals surface area contributed by atoms with Gasteiger partial charge in [0.2, 0.25) is 5.91 Å². The maximum atomic E-state index is 15.6. The van der Waals surface area contributed by atoms with Gasteiger partial charge in [0.1, 0.15) is 17.4 Å². The lowest BCUT2D eigenvalue weighted by atomic mass is 9.86. The Kier molecular flexibility index (Phi) is 10.3. The predicted octanol–water partition coefficient (Wildman–Crippen LogP) is 6.68. The Morgan fingerprint density at radius 1 is 0.812 bits per heavy atom. The number of ether oxygens (including phenoxy) is 1. The van der Waals surface area contributed by atoms with Crippen LogP contribution in [0.4, 0.5) is 42.1 Å². The third-order valence-electron chi connectivity index (χ3n) is 15.0. The van der Waals surface area contributed by atoms with Crippen LogP contribution in [-0.2, 0) is 9.53 Å². The molecule has 0 radical (unpaired) electrons. The van der Waals surface area contributed by atoms with E-state index in [0.717, 1.165) is 113 Å². The molecular formula is C48H54F2N10O4. The number of piperidine rings is 2. The summed E-state index contributed by atoms with van der Waals surface area (Å²) >= 11 is 0. The molecule has 334 valence electrons. The highest BCUT2D eigenvalue weighted by Gasteiger charge is 2.44. The zero-order valence-corrected chi connectivity index (χ0v) is 35.8. The Labute approximate surface area is 370 Å². The highest BCUT2D eigenvalue weighted by molar-refractivity contribution is 6.06. The van der Waals surface area contributed by atoms with Crippen LogP contribution in [0.3, 0.4) is 0 Å². The number of nitrogen functional groups attached to an aromatic ring is 1. The molecule has 2 unspecified atom stereocenters. The molecule has 4 N–H and O–H groups in total. The number of aromatic nitrogens is 3. The van der Waals surface area contributed by atoms with E-state index in [9.17, 15) is 14.7 Å². The monoisotopic (exact) mass is 872 g/mol. The smallest absolute Gasteiger partial charge is 0.328 e. The molecule has 0 aliphatic carbocycles. The van der Waals surface area contributed by atoms with Crippen molar-refractivity contribution in [2.75, 3.05) is 84.3 Å². The fraction of sp³-hybridized carbons (Fsp3) is 0.458. The van der Waals surface area contributed by atoms with Crippen LogP contribution in [0.5, 0.6) is 5.75 Å². The number of halogens is 2. The molecule has 3 atom stereocenters. The van der Waals surface area contributed by atoms with Gasteiger partial charge in [0.15, 0.2) is 5.82 Å². The number of aromatic hydroxyl groups is 1. The van der Waals surface area contributed by atoms with E-state index in [1.165, 1.54) is 11.0 Å². The molecule has 6 aliphatic rings. The van der Waals surface area contributed by atoms with Crippen molar-refractivity contribution in [1.82, 2.24) is 25.0 Å². The average molecular weight is 873 g/mol. The van der Waals surface area contributed by atoms with Gasteiger partial charge in [0.25, 0.3) is 0 Å². The number of hydrogen-bond acceptors (Lipinski definition) is 11. The average Bonchev–Trinajstić information content (AvgIpc) is 3.98. The fourth-order valence-electron chi connectivity index (χ4n) is 11.6. The van der Waals surface area contributed by atoms with E-state index in [0.29, 0.717) is 35.3 Å². The Morgan fingerprint density at radius 3 is 2.36 bits per heavy atom. The Hall–Kier alpha value is -6.00. The summed E-state index contributed by atoms with van der Waals surface area (Å²) < 4.78 is 39.8. The number of para-hydroxylation sites is 1. The van der Waals surface area contributed by atoms with Crippen molar-refractivity contribution < 1.29 is 28.2 Å². The molecule has 64 heavy (non-hydrogen) atoms.